The number of nitrogens with one attached hydrogen (secondary N) is 1. The van der Waals surface area contributed by atoms with Crippen molar-refractivity contribution in [1.82, 2.24) is 19.8 Å². The number of amides is 2. The van der Waals surface area contributed by atoms with Gasteiger partial charge in [-0.1, -0.05) is 0 Å². The third kappa shape index (κ3) is 3.72. The number of carboxylic acid groups (broad SMARTS) is 1. The average molecular weight is 296 g/mol. The highest BCUT2D eigenvalue weighted by Gasteiger charge is 2.38. The van der Waals surface area contributed by atoms with Gasteiger partial charge in [0.1, 0.15) is 5.92 Å². The molecule has 116 valence electrons. The Morgan fingerprint density at radius 1 is 1.57 bits per heavy atom. The molecule has 1 aliphatic rings. The summed E-state index contributed by atoms with van der Waals surface area (Å²) in [4.78, 5) is 28.7. The average Bonchev–Trinajstić information content (AvgIpc) is 3.07. The van der Waals surface area contributed by atoms with Gasteiger partial charge in [-0.3, -0.25) is 4.79 Å². The van der Waals surface area contributed by atoms with Crippen molar-refractivity contribution in [3.8, 4) is 0 Å². The van der Waals surface area contributed by atoms with Crippen molar-refractivity contribution in [2.45, 2.75) is 25.6 Å². The third-order valence-corrected chi connectivity index (χ3v) is 3.60. The van der Waals surface area contributed by atoms with Crippen LogP contribution >= 0.6 is 0 Å². The predicted molar refractivity (Wildman–Crippen MR) is 73.7 cm³/mol. The second-order valence-corrected chi connectivity index (χ2v) is 5.27. The highest BCUT2D eigenvalue weighted by atomic mass is 16.5. The first-order valence-corrected chi connectivity index (χ1v) is 6.78. The lowest BCUT2D eigenvalue weighted by Crippen LogP contribution is -2.50. The van der Waals surface area contributed by atoms with Crippen LogP contribution in [0.1, 0.15) is 6.92 Å². The van der Waals surface area contributed by atoms with Gasteiger partial charge in [0.15, 0.2) is 0 Å². The Kier molecular flexibility index (Phi) is 4.79. The molecule has 3 atom stereocenters. The molecule has 2 rings (SSSR count). The summed E-state index contributed by atoms with van der Waals surface area (Å²) in [5, 5.41) is 12.0. The summed E-state index contributed by atoms with van der Waals surface area (Å²) in [5.74, 6) is -1.62. The zero-order valence-corrected chi connectivity index (χ0v) is 12.1. The van der Waals surface area contributed by atoms with E-state index in [2.05, 4.69) is 10.3 Å². The number of likely N-dealkylation sites (N-methyl/N-ethyl adjacent to an activating group) is 1. The van der Waals surface area contributed by atoms with E-state index in [4.69, 9.17) is 9.84 Å². The van der Waals surface area contributed by atoms with Crippen LogP contribution in [0.25, 0.3) is 0 Å². The molecule has 0 aliphatic carbocycles. The Morgan fingerprint density at radius 3 is 2.95 bits per heavy atom. The summed E-state index contributed by atoms with van der Waals surface area (Å²) in [6, 6.07) is -0.841. The Balaban J connectivity index is 1.88. The number of carboxylic acids is 1. The summed E-state index contributed by atoms with van der Waals surface area (Å²) in [6.45, 7) is 2.87. The highest BCUT2D eigenvalue weighted by molar-refractivity contribution is 5.77. The molecule has 1 aliphatic heterocycles. The summed E-state index contributed by atoms with van der Waals surface area (Å²) < 4.78 is 7.04. The monoisotopic (exact) mass is 296 g/mol. The maximum Gasteiger partial charge on any atom is 0.317 e. The van der Waals surface area contributed by atoms with Crippen molar-refractivity contribution in [2.24, 2.45) is 5.92 Å². The fourth-order valence-electron chi connectivity index (χ4n) is 2.38. The molecule has 8 heteroatoms. The van der Waals surface area contributed by atoms with E-state index in [0.717, 1.165) is 0 Å². The number of ether oxygens (including phenoxy) is 1. The lowest BCUT2D eigenvalue weighted by atomic mass is 10.0. The molecular formula is C13H20N4O4. The van der Waals surface area contributed by atoms with Gasteiger partial charge in [0.05, 0.1) is 25.6 Å². The van der Waals surface area contributed by atoms with Gasteiger partial charge >= 0.3 is 12.0 Å². The molecule has 0 saturated carbocycles. The quantitative estimate of drug-likeness (QED) is 0.798. The molecule has 8 nitrogen and oxygen atoms in total. The maximum absolute atomic E-state index is 12.2. The number of aliphatic carboxylic acids is 1. The molecule has 1 aromatic heterocycles. The van der Waals surface area contributed by atoms with Gasteiger partial charge in [0, 0.05) is 32.0 Å². The molecule has 0 radical (unpaired) electrons. The first-order chi connectivity index (χ1) is 9.99. The van der Waals surface area contributed by atoms with Gasteiger partial charge in [-0.25, -0.2) is 9.78 Å². The van der Waals surface area contributed by atoms with Crippen LogP contribution in [0.3, 0.4) is 0 Å². The normalized spacial score (nSPS) is 22.8. The van der Waals surface area contributed by atoms with E-state index in [-0.39, 0.29) is 25.3 Å². The number of carbonyl (C=O) groups excluding carboxylic acids is 1. The number of hydrogen-bond donors (Lipinski definition) is 2. The van der Waals surface area contributed by atoms with Crippen LogP contribution in [0.5, 0.6) is 0 Å². The van der Waals surface area contributed by atoms with E-state index in [1.54, 1.807) is 19.6 Å². The summed E-state index contributed by atoms with van der Waals surface area (Å²) in [5.41, 5.74) is 0. The number of aromatic nitrogens is 2. The largest absolute Gasteiger partial charge is 0.481 e. The second kappa shape index (κ2) is 6.57. The van der Waals surface area contributed by atoms with E-state index in [0.29, 0.717) is 6.54 Å². The number of rotatable bonds is 5. The maximum atomic E-state index is 12.2. The van der Waals surface area contributed by atoms with Crippen molar-refractivity contribution in [3.05, 3.63) is 18.7 Å². The van der Waals surface area contributed by atoms with E-state index >= 15 is 0 Å². The smallest absolute Gasteiger partial charge is 0.317 e. The Morgan fingerprint density at radius 2 is 2.33 bits per heavy atom. The minimum absolute atomic E-state index is 0.0975. The zero-order valence-electron chi connectivity index (χ0n) is 12.1. The van der Waals surface area contributed by atoms with Crippen molar-refractivity contribution in [1.29, 1.82) is 0 Å². The molecule has 0 spiro atoms. The summed E-state index contributed by atoms with van der Waals surface area (Å²) >= 11 is 0. The summed E-state index contributed by atoms with van der Waals surface area (Å²) in [7, 11) is 1.59. The third-order valence-electron chi connectivity index (χ3n) is 3.60. The van der Waals surface area contributed by atoms with Crippen LogP contribution in [0.2, 0.25) is 0 Å². The van der Waals surface area contributed by atoms with Gasteiger partial charge in [-0.2, -0.15) is 0 Å². The highest BCUT2D eigenvalue weighted by Crippen LogP contribution is 2.19. The molecule has 1 fully saturated rings. The molecule has 0 aromatic carbocycles. The zero-order chi connectivity index (χ0) is 15.4. The van der Waals surface area contributed by atoms with Gasteiger partial charge in [-0.15, -0.1) is 0 Å². The molecule has 0 bridgehead atoms. The number of carbonyl (C=O) groups is 2. The second-order valence-electron chi connectivity index (χ2n) is 5.27. The van der Waals surface area contributed by atoms with Gasteiger partial charge in [-0.05, 0) is 6.92 Å². The fraction of sp³-hybridized carbons (Fsp3) is 0.615. The van der Waals surface area contributed by atoms with Crippen LogP contribution < -0.4 is 5.32 Å². The number of urea groups is 1. The number of hydrogen-bond acceptors (Lipinski definition) is 4. The molecule has 1 saturated heterocycles. The van der Waals surface area contributed by atoms with Crippen LogP contribution in [0.15, 0.2) is 18.7 Å². The Labute approximate surface area is 122 Å². The molecule has 2 N–H and O–H groups in total. The first-order valence-electron chi connectivity index (χ1n) is 6.78. The first kappa shape index (κ1) is 15.3. The lowest BCUT2D eigenvalue weighted by molar-refractivity contribution is -0.142. The predicted octanol–water partition coefficient (Wildman–Crippen LogP) is 0.0126. The lowest BCUT2D eigenvalue weighted by Gasteiger charge is -2.28. The van der Waals surface area contributed by atoms with Gasteiger partial charge < -0.3 is 24.6 Å². The molecule has 2 amide bonds. The van der Waals surface area contributed by atoms with Crippen LogP contribution in [0.4, 0.5) is 4.79 Å². The molecule has 1 aromatic rings. The molecular weight excluding hydrogens is 276 g/mol. The molecule has 2 heterocycles. The van der Waals surface area contributed by atoms with E-state index in [9.17, 15) is 9.59 Å². The van der Waals surface area contributed by atoms with Crippen molar-refractivity contribution >= 4 is 12.0 Å². The number of nitrogens with zero attached hydrogens (tertiary/aromatic N) is 3. The standard InChI is InChI=1S/C13H20N4O4/c1-9(5-17-4-3-14-8-17)15-13(20)16(2)11-7-21-6-10(11)12(18)19/h3-4,8-11H,5-7H2,1-2H3,(H,15,20)(H,18,19). The Bertz CT molecular complexity index is 490. The SMILES string of the molecule is CC(Cn1ccnc1)NC(=O)N(C)C1COCC1C(=O)O. The van der Waals surface area contributed by atoms with Crippen LogP contribution in [-0.2, 0) is 16.1 Å². The minimum atomic E-state index is -0.941. The van der Waals surface area contributed by atoms with E-state index in [1.165, 1.54) is 4.90 Å². The topological polar surface area (TPSA) is 96.7 Å². The van der Waals surface area contributed by atoms with Gasteiger partial charge in [0.25, 0.3) is 0 Å². The van der Waals surface area contributed by atoms with Gasteiger partial charge in [0.2, 0.25) is 0 Å². The Hall–Kier alpha value is -2.09. The minimum Gasteiger partial charge on any atom is -0.481 e. The van der Waals surface area contributed by atoms with Crippen molar-refractivity contribution in [2.75, 3.05) is 20.3 Å². The molecule has 3 unspecified atom stereocenters. The fourth-order valence-corrected chi connectivity index (χ4v) is 2.38. The summed E-state index contributed by atoms with van der Waals surface area (Å²) in [6.07, 6.45) is 5.17. The van der Waals surface area contributed by atoms with E-state index in [1.807, 2.05) is 17.7 Å². The van der Waals surface area contributed by atoms with E-state index < -0.39 is 17.9 Å². The van der Waals surface area contributed by atoms with Crippen LogP contribution in [0, 0.1) is 5.92 Å². The molecule has 21 heavy (non-hydrogen) atoms. The van der Waals surface area contributed by atoms with Crippen LogP contribution in [-0.4, -0.2) is 63.9 Å². The number of imidazole rings is 1. The van der Waals surface area contributed by atoms with Crippen molar-refractivity contribution < 1.29 is 19.4 Å². The van der Waals surface area contributed by atoms with Crippen molar-refractivity contribution in [3.63, 3.8) is 0 Å².